The zero-order chi connectivity index (χ0) is 14.8. The van der Waals surface area contributed by atoms with Crippen LogP contribution in [0, 0.1) is 0 Å². The monoisotopic (exact) mass is 289 g/mol. The van der Waals surface area contributed by atoms with Gasteiger partial charge in [0.15, 0.2) is 0 Å². The fourth-order valence-electron chi connectivity index (χ4n) is 3.30. The summed E-state index contributed by atoms with van der Waals surface area (Å²) in [5, 5.41) is 10.4. The van der Waals surface area contributed by atoms with Gasteiger partial charge in [-0.2, -0.15) is 0 Å². The van der Waals surface area contributed by atoms with Gasteiger partial charge in [-0.1, -0.05) is 25.3 Å². The van der Waals surface area contributed by atoms with Crippen molar-refractivity contribution in [2.75, 3.05) is 12.3 Å². The Morgan fingerprint density at radius 2 is 2.14 bits per heavy atom. The topological polar surface area (TPSA) is 73.3 Å². The van der Waals surface area contributed by atoms with Gasteiger partial charge >= 0.3 is 0 Å². The zero-order valence-electron chi connectivity index (χ0n) is 12.5. The highest BCUT2D eigenvalue weighted by atomic mass is 16.5. The number of nitrogen functional groups attached to an aromatic ring is 1. The third-order valence-electron chi connectivity index (χ3n) is 4.29. The zero-order valence-corrected chi connectivity index (χ0v) is 12.5. The molecule has 2 aromatic rings. The number of fused-ring (bicyclic) bond motifs is 1. The average Bonchev–Trinajstić information content (AvgIpc) is 2.65. The Balaban J connectivity index is 2.09. The van der Waals surface area contributed by atoms with Crippen LogP contribution in [0.3, 0.4) is 0 Å². The minimum atomic E-state index is -0.358. The molecule has 1 aromatic heterocycles. The number of aliphatic hydroxyl groups excluding tert-OH is 1. The number of anilines is 1. The van der Waals surface area contributed by atoms with Crippen molar-refractivity contribution in [3.05, 3.63) is 18.2 Å². The van der Waals surface area contributed by atoms with Crippen molar-refractivity contribution in [3.8, 4) is 5.75 Å². The quantitative estimate of drug-likeness (QED) is 0.852. The first-order valence-corrected chi connectivity index (χ1v) is 7.79. The maximum absolute atomic E-state index is 10.4. The lowest BCUT2D eigenvalue weighted by Crippen LogP contribution is -2.24. The number of para-hydroxylation sites is 1. The van der Waals surface area contributed by atoms with E-state index in [4.69, 9.17) is 10.5 Å². The normalized spacial score (nSPS) is 23.1. The number of imidazole rings is 1. The van der Waals surface area contributed by atoms with Crippen LogP contribution in [-0.4, -0.2) is 27.4 Å². The Kier molecular flexibility index (Phi) is 4.01. The molecule has 21 heavy (non-hydrogen) atoms. The van der Waals surface area contributed by atoms with E-state index >= 15 is 0 Å². The highest BCUT2D eigenvalue weighted by molar-refractivity contribution is 5.84. The molecule has 0 amide bonds. The maximum Gasteiger partial charge on any atom is 0.201 e. The summed E-state index contributed by atoms with van der Waals surface area (Å²) in [5.74, 6) is 1.21. The van der Waals surface area contributed by atoms with Crippen LogP contribution in [0.5, 0.6) is 5.75 Å². The van der Waals surface area contributed by atoms with E-state index < -0.39 is 0 Å². The van der Waals surface area contributed by atoms with Crippen LogP contribution in [0.15, 0.2) is 18.2 Å². The molecule has 2 atom stereocenters. The Labute approximate surface area is 124 Å². The number of aliphatic hydroxyl groups is 1. The van der Waals surface area contributed by atoms with E-state index in [0.717, 1.165) is 42.5 Å². The molecule has 1 heterocycles. The molecule has 1 aromatic carbocycles. The van der Waals surface area contributed by atoms with E-state index in [0.29, 0.717) is 12.6 Å². The van der Waals surface area contributed by atoms with E-state index in [-0.39, 0.29) is 12.1 Å². The maximum atomic E-state index is 10.4. The Morgan fingerprint density at radius 1 is 1.33 bits per heavy atom. The van der Waals surface area contributed by atoms with E-state index in [1.165, 1.54) is 6.42 Å². The summed E-state index contributed by atoms with van der Waals surface area (Å²) in [5.41, 5.74) is 7.88. The molecule has 3 rings (SSSR count). The van der Waals surface area contributed by atoms with E-state index in [1.807, 2.05) is 29.7 Å². The molecule has 0 radical (unpaired) electrons. The SMILES string of the molecule is CCOc1cccc2c1nc(N)n2C1CCCCCC1O. The predicted octanol–water partition coefficient (Wildman–Crippen LogP) is 2.88. The second-order valence-electron chi connectivity index (χ2n) is 5.67. The molecule has 1 fully saturated rings. The molecule has 3 N–H and O–H groups in total. The van der Waals surface area contributed by atoms with Crippen LogP contribution in [0.1, 0.15) is 45.1 Å². The number of ether oxygens (including phenoxy) is 1. The highest BCUT2D eigenvalue weighted by Crippen LogP contribution is 2.35. The number of hydrogen-bond acceptors (Lipinski definition) is 4. The molecule has 1 aliphatic rings. The van der Waals surface area contributed by atoms with Crippen LogP contribution in [0.2, 0.25) is 0 Å². The van der Waals surface area contributed by atoms with Gasteiger partial charge in [0.25, 0.3) is 0 Å². The first-order chi connectivity index (χ1) is 10.2. The Hall–Kier alpha value is -1.75. The third kappa shape index (κ3) is 2.58. The summed E-state index contributed by atoms with van der Waals surface area (Å²) in [4.78, 5) is 4.48. The van der Waals surface area contributed by atoms with Crippen LogP contribution >= 0.6 is 0 Å². The fraction of sp³-hybridized carbons (Fsp3) is 0.562. The predicted molar refractivity (Wildman–Crippen MR) is 83.4 cm³/mol. The minimum Gasteiger partial charge on any atom is -0.492 e. The summed E-state index contributed by atoms with van der Waals surface area (Å²) in [7, 11) is 0. The van der Waals surface area contributed by atoms with E-state index in [9.17, 15) is 5.11 Å². The van der Waals surface area contributed by atoms with Crippen molar-refractivity contribution in [3.63, 3.8) is 0 Å². The Morgan fingerprint density at radius 3 is 2.95 bits per heavy atom. The first-order valence-electron chi connectivity index (χ1n) is 7.79. The molecular weight excluding hydrogens is 266 g/mol. The van der Waals surface area contributed by atoms with Crippen molar-refractivity contribution in [2.45, 2.75) is 51.2 Å². The van der Waals surface area contributed by atoms with Crippen molar-refractivity contribution in [1.29, 1.82) is 0 Å². The molecule has 0 saturated heterocycles. The number of nitrogens with two attached hydrogens (primary N) is 1. The Bertz CT molecular complexity index is 623. The third-order valence-corrected chi connectivity index (χ3v) is 4.29. The molecule has 2 unspecified atom stereocenters. The van der Waals surface area contributed by atoms with Crippen molar-refractivity contribution in [1.82, 2.24) is 9.55 Å². The van der Waals surface area contributed by atoms with Crippen molar-refractivity contribution < 1.29 is 9.84 Å². The highest BCUT2D eigenvalue weighted by Gasteiger charge is 2.27. The lowest BCUT2D eigenvalue weighted by Gasteiger charge is -2.23. The number of benzene rings is 1. The molecule has 0 aliphatic heterocycles. The summed E-state index contributed by atoms with van der Waals surface area (Å²) in [6.45, 7) is 2.55. The van der Waals surface area contributed by atoms with Gasteiger partial charge in [-0.3, -0.25) is 0 Å². The van der Waals surface area contributed by atoms with Gasteiger partial charge in [-0.25, -0.2) is 4.98 Å². The van der Waals surface area contributed by atoms with Crippen molar-refractivity contribution in [2.24, 2.45) is 0 Å². The van der Waals surface area contributed by atoms with Gasteiger partial charge in [0.05, 0.1) is 24.3 Å². The summed E-state index contributed by atoms with van der Waals surface area (Å²) in [6.07, 6.45) is 4.78. The molecule has 1 aliphatic carbocycles. The first kappa shape index (κ1) is 14.2. The largest absolute Gasteiger partial charge is 0.492 e. The van der Waals surface area contributed by atoms with Gasteiger partial charge in [0.1, 0.15) is 11.3 Å². The number of nitrogens with zero attached hydrogens (tertiary/aromatic N) is 2. The number of hydrogen-bond donors (Lipinski definition) is 2. The summed E-state index contributed by atoms with van der Waals surface area (Å²) >= 11 is 0. The van der Waals surface area contributed by atoms with Crippen LogP contribution in [0.25, 0.3) is 11.0 Å². The standard InChI is InChI=1S/C16H23N3O2/c1-2-21-14-10-6-8-12-15(14)18-16(17)19(12)11-7-4-3-5-9-13(11)20/h6,8,10-11,13,20H,2-5,7,9H2,1H3,(H2,17,18). The van der Waals surface area contributed by atoms with Crippen LogP contribution < -0.4 is 10.5 Å². The average molecular weight is 289 g/mol. The molecule has 0 bridgehead atoms. The number of rotatable bonds is 3. The van der Waals surface area contributed by atoms with Gasteiger partial charge in [0, 0.05) is 0 Å². The summed E-state index contributed by atoms with van der Waals surface area (Å²) < 4.78 is 7.63. The van der Waals surface area contributed by atoms with Gasteiger partial charge < -0.3 is 20.1 Å². The molecule has 1 saturated carbocycles. The van der Waals surface area contributed by atoms with Crippen LogP contribution in [-0.2, 0) is 0 Å². The lowest BCUT2D eigenvalue weighted by molar-refractivity contribution is 0.108. The second kappa shape index (κ2) is 5.93. The van der Waals surface area contributed by atoms with Gasteiger partial charge in [-0.05, 0) is 31.9 Å². The molecule has 0 spiro atoms. The minimum absolute atomic E-state index is 0.00868. The second-order valence-corrected chi connectivity index (χ2v) is 5.67. The van der Waals surface area contributed by atoms with Crippen molar-refractivity contribution >= 4 is 17.0 Å². The molecule has 5 heteroatoms. The summed E-state index contributed by atoms with van der Waals surface area (Å²) in [6, 6.07) is 5.87. The lowest BCUT2D eigenvalue weighted by atomic mass is 10.1. The van der Waals surface area contributed by atoms with E-state index in [2.05, 4.69) is 4.98 Å². The fourth-order valence-corrected chi connectivity index (χ4v) is 3.30. The van der Waals surface area contributed by atoms with Crippen LogP contribution in [0.4, 0.5) is 5.95 Å². The van der Waals surface area contributed by atoms with Gasteiger partial charge in [0.2, 0.25) is 5.95 Å². The smallest absolute Gasteiger partial charge is 0.201 e. The molecule has 5 nitrogen and oxygen atoms in total. The van der Waals surface area contributed by atoms with Gasteiger partial charge in [-0.15, -0.1) is 0 Å². The molecular formula is C16H23N3O2. The van der Waals surface area contributed by atoms with E-state index in [1.54, 1.807) is 0 Å². The number of aromatic nitrogens is 2. The molecule has 114 valence electrons.